The molecule has 0 amide bonds. The normalized spacial score (nSPS) is 23.0. The van der Waals surface area contributed by atoms with Crippen molar-refractivity contribution < 1.29 is 4.74 Å². The summed E-state index contributed by atoms with van der Waals surface area (Å²) in [5, 5.41) is 0. The van der Waals surface area contributed by atoms with Gasteiger partial charge in [0.25, 0.3) is 0 Å². The van der Waals surface area contributed by atoms with Crippen molar-refractivity contribution in [2.45, 2.75) is 109 Å². The largest absolute Gasteiger partial charge is 0.494 e. The molecule has 1 saturated carbocycles. The summed E-state index contributed by atoms with van der Waals surface area (Å²) in [5.41, 5.74) is 6.15. The number of ether oxygens (including phenoxy) is 1. The SMILES string of the molecule is CCCCCOc1ccc2c(c1)CCC(c1ccc(C3CCC(CCCC)CC3)cc1)C2. The van der Waals surface area contributed by atoms with Gasteiger partial charge in [0.1, 0.15) is 5.75 Å². The summed E-state index contributed by atoms with van der Waals surface area (Å²) < 4.78 is 5.98. The predicted molar refractivity (Wildman–Crippen MR) is 137 cm³/mol. The van der Waals surface area contributed by atoms with E-state index in [0.717, 1.165) is 30.6 Å². The number of hydrogen-bond acceptors (Lipinski definition) is 1. The van der Waals surface area contributed by atoms with Gasteiger partial charge in [-0.05, 0) is 104 Å². The van der Waals surface area contributed by atoms with E-state index >= 15 is 0 Å². The summed E-state index contributed by atoms with van der Waals surface area (Å²) in [6.07, 6.45) is 17.2. The summed E-state index contributed by atoms with van der Waals surface area (Å²) in [6, 6.07) is 16.6. The molecule has 1 unspecified atom stereocenters. The Morgan fingerprint density at radius 3 is 2.16 bits per heavy atom. The molecule has 1 atom stereocenters. The summed E-state index contributed by atoms with van der Waals surface area (Å²) in [6.45, 7) is 5.41. The van der Waals surface area contributed by atoms with E-state index < -0.39 is 0 Å². The maximum absolute atomic E-state index is 5.98. The molecule has 0 bridgehead atoms. The maximum atomic E-state index is 5.98. The van der Waals surface area contributed by atoms with Crippen molar-refractivity contribution in [3.63, 3.8) is 0 Å². The van der Waals surface area contributed by atoms with Crippen LogP contribution < -0.4 is 4.74 Å². The monoisotopic (exact) mass is 432 g/mol. The van der Waals surface area contributed by atoms with Gasteiger partial charge in [-0.25, -0.2) is 0 Å². The van der Waals surface area contributed by atoms with Crippen molar-refractivity contribution in [3.8, 4) is 5.75 Å². The van der Waals surface area contributed by atoms with Crippen LogP contribution >= 0.6 is 0 Å². The Hall–Kier alpha value is -1.76. The van der Waals surface area contributed by atoms with Crippen LogP contribution in [0.25, 0.3) is 0 Å². The Balaban J connectivity index is 1.30. The highest BCUT2D eigenvalue weighted by molar-refractivity contribution is 5.40. The lowest BCUT2D eigenvalue weighted by Gasteiger charge is -2.29. The zero-order chi connectivity index (χ0) is 22.2. The fourth-order valence-electron chi connectivity index (χ4n) is 5.97. The molecule has 0 heterocycles. The van der Waals surface area contributed by atoms with E-state index in [1.165, 1.54) is 93.7 Å². The molecule has 174 valence electrons. The Morgan fingerprint density at radius 2 is 1.44 bits per heavy atom. The zero-order valence-corrected chi connectivity index (χ0v) is 20.6. The topological polar surface area (TPSA) is 9.23 Å². The van der Waals surface area contributed by atoms with E-state index in [-0.39, 0.29) is 0 Å². The minimum atomic E-state index is 0.664. The molecule has 4 rings (SSSR count). The van der Waals surface area contributed by atoms with Crippen molar-refractivity contribution in [2.24, 2.45) is 5.92 Å². The van der Waals surface area contributed by atoms with E-state index in [0.29, 0.717) is 5.92 Å². The highest BCUT2D eigenvalue weighted by atomic mass is 16.5. The minimum absolute atomic E-state index is 0.664. The first kappa shape index (κ1) is 23.4. The van der Waals surface area contributed by atoms with Crippen LogP contribution in [-0.4, -0.2) is 6.61 Å². The number of benzene rings is 2. The Kier molecular flexibility index (Phi) is 8.71. The van der Waals surface area contributed by atoms with E-state index in [1.807, 2.05) is 0 Å². The molecule has 2 aromatic carbocycles. The molecule has 1 nitrogen and oxygen atoms in total. The Labute approximate surface area is 197 Å². The van der Waals surface area contributed by atoms with Gasteiger partial charge in [-0.3, -0.25) is 0 Å². The number of hydrogen-bond donors (Lipinski definition) is 0. The molecule has 0 radical (unpaired) electrons. The smallest absolute Gasteiger partial charge is 0.119 e. The first-order chi connectivity index (χ1) is 15.8. The summed E-state index contributed by atoms with van der Waals surface area (Å²) in [4.78, 5) is 0. The molecular weight excluding hydrogens is 388 g/mol. The van der Waals surface area contributed by atoms with Gasteiger partial charge < -0.3 is 4.74 Å². The third-order valence-electron chi connectivity index (χ3n) is 8.11. The van der Waals surface area contributed by atoms with Crippen molar-refractivity contribution in [1.29, 1.82) is 0 Å². The summed E-state index contributed by atoms with van der Waals surface area (Å²) in [7, 11) is 0. The standard InChI is InChI=1S/C31H44O/c1-3-5-7-21-32-31-20-19-29-22-28(17-18-30(29)23-31)27-15-13-26(14-16-27)25-11-9-24(10-12-25)8-6-4-2/h13-16,19-20,23-25,28H,3-12,17-18,21-22H2,1-2H3. The molecule has 0 N–H and O–H groups in total. The highest BCUT2D eigenvalue weighted by Gasteiger charge is 2.24. The van der Waals surface area contributed by atoms with E-state index in [4.69, 9.17) is 4.74 Å². The molecule has 2 aliphatic carbocycles. The van der Waals surface area contributed by atoms with Gasteiger partial charge in [-0.15, -0.1) is 0 Å². The van der Waals surface area contributed by atoms with Crippen molar-refractivity contribution >= 4 is 0 Å². The van der Waals surface area contributed by atoms with Gasteiger partial charge in [0.05, 0.1) is 6.61 Å². The average Bonchev–Trinajstić information content (AvgIpc) is 2.85. The molecule has 2 aliphatic rings. The number of rotatable bonds is 10. The first-order valence-electron chi connectivity index (χ1n) is 13.6. The van der Waals surface area contributed by atoms with Crippen LogP contribution in [0.5, 0.6) is 5.75 Å². The number of unbranched alkanes of at least 4 members (excludes halogenated alkanes) is 3. The maximum Gasteiger partial charge on any atom is 0.119 e. The van der Waals surface area contributed by atoms with Gasteiger partial charge in [0.15, 0.2) is 0 Å². The predicted octanol–water partition coefficient (Wildman–Crippen LogP) is 8.99. The molecule has 32 heavy (non-hydrogen) atoms. The third kappa shape index (κ3) is 6.18. The molecule has 0 aliphatic heterocycles. The summed E-state index contributed by atoms with van der Waals surface area (Å²) >= 11 is 0. The van der Waals surface area contributed by atoms with Crippen molar-refractivity contribution in [3.05, 3.63) is 64.7 Å². The van der Waals surface area contributed by atoms with E-state index in [2.05, 4.69) is 56.3 Å². The fourth-order valence-corrected chi connectivity index (χ4v) is 5.97. The molecule has 0 saturated heterocycles. The van der Waals surface area contributed by atoms with Crippen LogP contribution in [0.15, 0.2) is 42.5 Å². The van der Waals surface area contributed by atoms with Crippen LogP contribution in [0.2, 0.25) is 0 Å². The first-order valence-corrected chi connectivity index (χ1v) is 13.6. The van der Waals surface area contributed by atoms with Crippen LogP contribution in [0.1, 0.15) is 119 Å². The van der Waals surface area contributed by atoms with Gasteiger partial charge in [0, 0.05) is 0 Å². The molecule has 1 heteroatoms. The second-order valence-electron chi connectivity index (χ2n) is 10.5. The van der Waals surface area contributed by atoms with E-state index in [9.17, 15) is 0 Å². The van der Waals surface area contributed by atoms with Crippen LogP contribution in [-0.2, 0) is 12.8 Å². The van der Waals surface area contributed by atoms with Crippen molar-refractivity contribution in [2.75, 3.05) is 6.61 Å². The lowest BCUT2D eigenvalue weighted by Crippen LogP contribution is -2.14. The highest BCUT2D eigenvalue weighted by Crippen LogP contribution is 2.39. The van der Waals surface area contributed by atoms with Crippen LogP contribution in [0.3, 0.4) is 0 Å². The van der Waals surface area contributed by atoms with E-state index in [1.54, 1.807) is 5.56 Å². The van der Waals surface area contributed by atoms with Gasteiger partial charge in [-0.1, -0.05) is 76.3 Å². The zero-order valence-electron chi connectivity index (χ0n) is 20.6. The molecule has 0 aromatic heterocycles. The number of fused-ring (bicyclic) bond motifs is 1. The van der Waals surface area contributed by atoms with Crippen LogP contribution in [0.4, 0.5) is 0 Å². The quantitative estimate of drug-likeness (QED) is 0.340. The van der Waals surface area contributed by atoms with Crippen molar-refractivity contribution in [1.82, 2.24) is 0 Å². The van der Waals surface area contributed by atoms with Gasteiger partial charge >= 0.3 is 0 Å². The average molecular weight is 433 g/mol. The van der Waals surface area contributed by atoms with Gasteiger partial charge in [-0.2, -0.15) is 0 Å². The van der Waals surface area contributed by atoms with Gasteiger partial charge in [0.2, 0.25) is 0 Å². The molecule has 2 aromatic rings. The van der Waals surface area contributed by atoms with Crippen LogP contribution in [0, 0.1) is 5.92 Å². The lowest BCUT2D eigenvalue weighted by molar-refractivity contribution is 0.304. The molecule has 0 spiro atoms. The molecule has 1 fully saturated rings. The second-order valence-corrected chi connectivity index (χ2v) is 10.5. The fraction of sp³-hybridized carbons (Fsp3) is 0.613. The summed E-state index contributed by atoms with van der Waals surface area (Å²) in [5.74, 6) is 3.52. The Bertz CT molecular complexity index is 813. The molecular formula is C31H44O. The second kappa shape index (κ2) is 11.9. The Morgan fingerprint density at radius 1 is 0.719 bits per heavy atom. The minimum Gasteiger partial charge on any atom is -0.494 e. The lowest BCUT2D eigenvalue weighted by atomic mass is 9.76. The third-order valence-corrected chi connectivity index (χ3v) is 8.11. The number of aryl methyl sites for hydroxylation is 1.